The number of hydrogen-bond acceptors (Lipinski definition) is 7. The summed E-state index contributed by atoms with van der Waals surface area (Å²) in [4.78, 5) is 46.6. The maximum absolute atomic E-state index is 14.1. The Morgan fingerprint density at radius 1 is 1.04 bits per heavy atom. The molecular weight excluding hydrogens is 644 g/mol. The number of aromatic nitrogens is 3. The van der Waals surface area contributed by atoms with Gasteiger partial charge in [0.2, 0.25) is 0 Å². The summed E-state index contributed by atoms with van der Waals surface area (Å²) in [6.45, 7) is 8.18. The van der Waals surface area contributed by atoms with E-state index in [0.29, 0.717) is 48.3 Å². The summed E-state index contributed by atoms with van der Waals surface area (Å²) in [5, 5.41) is 14.6. The van der Waals surface area contributed by atoms with Gasteiger partial charge in [-0.2, -0.15) is 0 Å². The zero-order valence-electron chi connectivity index (χ0n) is 28.7. The highest BCUT2D eigenvalue weighted by Crippen LogP contribution is 2.42. The largest absolute Gasteiger partial charge is 0.494 e. The third-order valence-corrected chi connectivity index (χ3v) is 11.7. The van der Waals surface area contributed by atoms with Gasteiger partial charge in [-0.05, 0) is 99.8 Å². The van der Waals surface area contributed by atoms with E-state index in [1.165, 1.54) is 33.5 Å². The van der Waals surface area contributed by atoms with Gasteiger partial charge in [0.15, 0.2) is 5.82 Å². The summed E-state index contributed by atoms with van der Waals surface area (Å²) in [6, 6.07) is 5.69. The molecule has 0 unspecified atom stereocenters. The molecule has 3 atom stereocenters. The van der Waals surface area contributed by atoms with Crippen molar-refractivity contribution in [3.8, 4) is 17.3 Å². The predicted octanol–water partition coefficient (Wildman–Crippen LogP) is 5.96. The van der Waals surface area contributed by atoms with Crippen molar-refractivity contribution in [2.45, 2.75) is 77.1 Å². The van der Waals surface area contributed by atoms with Crippen LogP contribution < -0.4 is 10.1 Å². The molecule has 4 aromatic rings. The van der Waals surface area contributed by atoms with Crippen LogP contribution in [-0.4, -0.2) is 91.5 Å². The van der Waals surface area contributed by atoms with Crippen LogP contribution in [0.25, 0.3) is 32.8 Å². The number of nitrogens with zero attached hydrogens (tertiary/aromatic N) is 5. The van der Waals surface area contributed by atoms with E-state index < -0.39 is 17.8 Å². The fourth-order valence-corrected chi connectivity index (χ4v) is 9.27. The second kappa shape index (κ2) is 11.7. The molecule has 3 amide bonds. The summed E-state index contributed by atoms with van der Waals surface area (Å²) in [5.74, 6) is 2.46. The van der Waals surface area contributed by atoms with Gasteiger partial charge in [-0.3, -0.25) is 4.79 Å². The lowest BCUT2D eigenvalue weighted by molar-refractivity contribution is 0.0485. The van der Waals surface area contributed by atoms with Crippen LogP contribution in [0.2, 0.25) is 0 Å². The average Bonchev–Trinajstić information content (AvgIpc) is 3.27. The Labute approximate surface area is 288 Å². The van der Waals surface area contributed by atoms with Gasteiger partial charge in [0.25, 0.3) is 5.91 Å². The monoisotopic (exact) mass is 688 g/mol. The van der Waals surface area contributed by atoms with E-state index in [2.05, 4.69) is 25.9 Å². The molecule has 2 saturated carbocycles. The number of thiophene rings is 1. The van der Waals surface area contributed by atoms with Gasteiger partial charge in [0, 0.05) is 38.8 Å². The number of carbonyl (C=O) groups is 3. The van der Waals surface area contributed by atoms with Gasteiger partial charge in [-0.1, -0.05) is 0 Å². The Hall–Kier alpha value is -4.26. The average molecular weight is 689 g/mol. The Balaban J connectivity index is 1.10. The number of carbonyl (C=O) groups excluding carboxylic acids is 2. The molecule has 4 fully saturated rings. The van der Waals surface area contributed by atoms with E-state index in [9.17, 15) is 19.5 Å². The molecule has 2 saturated heterocycles. The Morgan fingerprint density at radius 2 is 1.82 bits per heavy atom. The fourth-order valence-electron chi connectivity index (χ4n) is 8.26. The minimum atomic E-state index is -0.847. The maximum Gasteiger partial charge on any atom is 0.407 e. The number of hydrogen-bond donors (Lipinski definition) is 2. The van der Waals surface area contributed by atoms with Crippen LogP contribution in [0.1, 0.15) is 62.4 Å². The van der Waals surface area contributed by atoms with Crippen molar-refractivity contribution in [3.05, 3.63) is 34.7 Å². The number of piperidine rings is 1. The zero-order chi connectivity index (χ0) is 34.4. The first-order valence-electron chi connectivity index (χ1n) is 17.3. The molecule has 0 spiro atoms. The van der Waals surface area contributed by atoms with E-state index >= 15 is 0 Å². The van der Waals surface area contributed by atoms with E-state index in [1.54, 1.807) is 18.4 Å². The zero-order valence-corrected chi connectivity index (χ0v) is 29.5. The van der Waals surface area contributed by atoms with Crippen molar-refractivity contribution in [3.63, 3.8) is 0 Å². The number of nitrogens with one attached hydrogen (secondary N) is 1. The van der Waals surface area contributed by atoms with Crippen molar-refractivity contribution in [1.82, 2.24) is 29.2 Å². The molecule has 1 aromatic carbocycles. The Kier molecular flexibility index (Phi) is 7.62. The smallest absolute Gasteiger partial charge is 0.407 e. The second-order valence-corrected chi connectivity index (χ2v) is 16.3. The van der Waals surface area contributed by atoms with Crippen molar-refractivity contribution in [2.75, 3.05) is 26.7 Å². The quantitative estimate of drug-likeness (QED) is 0.234. The number of likely N-dealkylation sites (tertiary alicyclic amines) is 2. The fraction of sp³-hybridized carbons (Fsp3) is 0.556. The SMILES string of the molecule is COc1cc(C(=O)N2C[C@H]3CC[C@@H]2[C@@H]3NC(=O)OC(C)(C)C)cc2nc(-c3cc4scc(CC5CN(C(=O)O)C5)c4n3CC3CC3)n(C)c12. The van der Waals surface area contributed by atoms with Crippen LogP contribution in [0.3, 0.4) is 0 Å². The Morgan fingerprint density at radius 3 is 2.51 bits per heavy atom. The number of rotatable bonds is 8. The molecule has 2 bridgehead atoms. The van der Waals surface area contributed by atoms with Gasteiger partial charge < -0.3 is 38.8 Å². The van der Waals surface area contributed by atoms with Crippen LogP contribution in [0.5, 0.6) is 5.75 Å². The summed E-state index contributed by atoms with van der Waals surface area (Å²) in [6.07, 6.45) is 3.78. The molecule has 8 rings (SSSR count). The molecule has 260 valence electrons. The first-order chi connectivity index (χ1) is 23.4. The highest BCUT2D eigenvalue weighted by Gasteiger charge is 2.50. The molecule has 0 radical (unpaired) electrons. The topological polar surface area (TPSA) is 131 Å². The lowest BCUT2D eigenvalue weighted by atomic mass is 9.93. The molecule has 2 aliphatic carbocycles. The van der Waals surface area contributed by atoms with Crippen LogP contribution in [0.4, 0.5) is 9.59 Å². The standard InChI is InChI=1S/C36H44N6O6S/c1-36(2,3)48-34(44)38-29-21-8-9-25(29)42(17-21)33(43)22-11-24-31(27(12-22)47-5)39(4)32(37-24)26-13-28-30(41(26)16-19-6-7-19)23(18-49-28)10-20-14-40(15-20)35(45)46/h11-13,18-21,25,29H,6-10,14-17H2,1-5H3,(H,38,44)(H,45,46)/t21-,25-,29-/m1/s1. The highest BCUT2D eigenvalue weighted by molar-refractivity contribution is 7.17. The van der Waals surface area contributed by atoms with Gasteiger partial charge in [0.1, 0.15) is 16.9 Å². The maximum atomic E-state index is 14.1. The molecule has 49 heavy (non-hydrogen) atoms. The van der Waals surface area contributed by atoms with Gasteiger partial charge in [0.05, 0.1) is 40.6 Å². The highest BCUT2D eigenvalue weighted by atomic mass is 32.1. The summed E-state index contributed by atoms with van der Waals surface area (Å²) >= 11 is 1.73. The van der Waals surface area contributed by atoms with Gasteiger partial charge in [-0.15, -0.1) is 11.3 Å². The minimum absolute atomic E-state index is 0.0877. The first kappa shape index (κ1) is 32.0. The molecule has 13 heteroatoms. The third kappa shape index (κ3) is 5.69. The molecular formula is C36H44N6O6S. The second-order valence-electron chi connectivity index (χ2n) is 15.4. The van der Waals surface area contributed by atoms with E-state index in [1.807, 2.05) is 44.9 Å². The van der Waals surface area contributed by atoms with Crippen molar-refractivity contribution < 1.29 is 29.0 Å². The predicted molar refractivity (Wildman–Crippen MR) is 186 cm³/mol. The number of imidazole rings is 1. The van der Waals surface area contributed by atoms with Crippen LogP contribution in [-0.2, 0) is 24.8 Å². The molecule has 5 heterocycles. The van der Waals surface area contributed by atoms with Crippen molar-refractivity contribution >= 4 is 50.7 Å². The van der Waals surface area contributed by atoms with Crippen LogP contribution in [0, 0.1) is 17.8 Å². The van der Waals surface area contributed by atoms with E-state index in [4.69, 9.17) is 14.5 Å². The first-order valence-corrected chi connectivity index (χ1v) is 18.2. The van der Waals surface area contributed by atoms with E-state index in [0.717, 1.165) is 42.8 Å². The van der Waals surface area contributed by atoms with Crippen LogP contribution >= 0.6 is 11.3 Å². The summed E-state index contributed by atoms with van der Waals surface area (Å²) in [5.41, 5.74) is 4.98. The molecule has 4 aliphatic rings. The molecule has 12 nitrogen and oxygen atoms in total. The van der Waals surface area contributed by atoms with Gasteiger partial charge in [-0.25, -0.2) is 14.6 Å². The number of ether oxygens (including phenoxy) is 2. The molecule has 2 aliphatic heterocycles. The summed E-state index contributed by atoms with van der Waals surface area (Å²) in [7, 11) is 3.62. The number of aryl methyl sites for hydroxylation is 1. The number of alkyl carbamates (subject to hydrolysis) is 1. The normalized spacial score (nSPS) is 22.3. The molecule has 3 aromatic heterocycles. The number of methoxy groups -OCH3 is 1. The van der Waals surface area contributed by atoms with E-state index in [-0.39, 0.29) is 23.9 Å². The lowest BCUT2D eigenvalue weighted by Crippen LogP contribution is -2.50. The minimum Gasteiger partial charge on any atom is -0.494 e. The number of fused-ring (bicyclic) bond motifs is 4. The van der Waals surface area contributed by atoms with Crippen molar-refractivity contribution in [2.24, 2.45) is 24.8 Å². The van der Waals surface area contributed by atoms with Crippen LogP contribution in [0.15, 0.2) is 23.6 Å². The third-order valence-electron chi connectivity index (χ3n) is 10.7. The summed E-state index contributed by atoms with van der Waals surface area (Å²) < 4.78 is 17.1. The molecule has 2 N–H and O–H groups in total. The number of carboxylic acid groups (broad SMARTS) is 1. The number of amides is 3. The lowest BCUT2D eigenvalue weighted by Gasteiger charge is -2.37. The van der Waals surface area contributed by atoms with Gasteiger partial charge >= 0.3 is 12.2 Å². The van der Waals surface area contributed by atoms with Crippen molar-refractivity contribution in [1.29, 1.82) is 0 Å². The number of benzene rings is 1. The Bertz CT molecular complexity index is 1980.